The van der Waals surface area contributed by atoms with Gasteiger partial charge in [-0.3, -0.25) is 9.59 Å². The maximum Gasteiger partial charge on any atom is 0.416 e. The van der Waals surface area contributed by atoms with Crippen LogP contribution in [0.2, 0.25) is 0 Å². The number of likely N-dealkylation sites (tertiary alicyclic amines) is 1. The standard InChI is InChI=1S/C25H33F3N2O4/c1-16(2)24(9-7-20(13-24)29-10-3-4-17(8-11-29)22(31)32)23(33)30-14-18-12-19(25(26,27)28)5-6-21(18)34-15-30/h5-6,12,16-17,20H,3-4,7-11,13-15H2,1-2H3,(H,31,32)/t17?,20-,24+/m1/s1. The number of amides is 1. The van der Waals surface area contributed by atoms with E-state index in [1.54, 1.807) is 4.90 Å². The highest BCUT2D eigenvalue weighted by molar-refractivity contribution is 5.83. The lowest BCUT2D eigenvalue weighted by Gasteiger charge is -2.40. The highest BCUT2D eigenvalue weighted by Crippen LogP contribution is 2.48. The number of benzene rings is 1. The molecule has 3 aliphatic rings. The molecule has 1 aromatic carbocycles. The lowest BCUT2D eigenvalue weighted by molar-refractivity contribution is -0.150. The molecule has 188 valence electrons. The predicted molar refractivity (Wildman–Crippen MR) is 119 cm³/mol. The molecular weight excluding hydrogens is 449 g/mol. The predicted octanol–water partition coefficient (Wildman–Crippen LogP) is 4.77. The van der Waals surface area contributed by atoms with Gasteiger partial charge in [0, 0.05) is 11.6 Å². The molecule has 2 heterocycles. The van der Waals surface area contributed by atoms with Gasteiger partial charge in [-0.15, -0.1) is 0 Å². The van der Waals surface area contributed by atoms with Gasteiger partial charge in [0.25, 0.3) is 0 Å². The molecule has 1 amide bonds. The molecule has 4 rings (SSSR count). The minimum atomic E-state index is -4.45. The Labute approximate surface area is 198 Å². The number of hydrogen-bond donors (Lipinski definition) is 1. The van der Waals surface area contributed by atoms with Crippen LogP contribution in [0.25, 0.3) is 0 Å². The first kappa shape index (κ1) is 24.8. The monoisotopic (exact) mass is 482 g/mol. The fourth-order valence-corrected chi connectivity index (χ4v) is 5.92. The van der Waals surface area contributed by atoms with Crippen LogP contribution in [0.4, 0.5) is 13.2 Å². The molecule has 1 saturated carbocycles. The number of carbonyl (C=O) groups is 2. The average Bonchev–Trinajstić information content (AvgIpc) is 3.09. The molecular formula is C25H33F3N2O4. The van der Waals surface area contributed by atoms with Crippen LogP contribution in [0.3, 0.4) is 0 Å². The van der Waals surface area contributed by atoms with Crippen LogP contribution in [-0.4, -0.2) is 52.6 Å². The summed E-state index contributed by atoms with van der Waals surface area (Å²) in [7, 11) is 0. The van der Waals surface area contributed by atoms with Gasteiger partial charge in [-0.25, -0.2) is 0 Å². The maximum absolute atomic E-state index is 13.8. The average molecular weight is 483 g/mol. The highest BCUT2D eigenvalue weighted by Gasteiger charge is 2.51. The second-order valence-electron chi connectivity index (χ2n) is 10.3. The van der Waals surface area contributed by atoms with Crippen molar-refractivity contribution in [2.45, 2.75) is 71.1 Å². The van der Waals surface area contributed by atoms with Crippen LogP contribution in [-0.2, 0) is 22.3 Å². The fraction of sp³-hybridized carbons (Fsp3) is 0.680. The molecule has 0 bridgehead atoms. The second-order valence-corrected chi connectivity index (χ2v) is 10.3. The lowest BCUT2D eigenvalue weighted by atomic mass is 9.74. The van der Waals surface area contributed by atoms with Gasteiger partial charge in [-0.2, -0.15) is 13.2 Å². The SMILES string of the molecule is CC(C)[C@]1(C(=O)N2COc3ccc(C(F)(F)F)cc3C2)CC[C@@H](N2CCCC(C(=O)O)CC2)C1. The molecule has 1 aliphatic carbocycles. The Morgan fingerprint density at radius 2 is 1.94 bits per heavy atom. The number of carbonyl (C=O) groups excluding carboxylic acids is 1. The van der Waals surface area contributed by atoms with Gasteiger partial charge in [-0.1, -0.05) is 13.8 Å². The summed E-state index contributed by atoms with van der Waals surface area (Å²) >= 11 is 0. The van der Waals surface area contributed by atoms with Crippen LogP contribution >= 0.6 is 0 Å². The summed E-state index contributed by atoms with van der Waals surface area (Å²) in [6.07, 6.45) is -0.0956. The first-order valence-corrected chi connectivity index (χ1v) is 12.1. The van der Waals surface area contributed by atoms with E-state index in [4.69, 9.17) is 4.74 Å². The van der Waals surface area contributed by atoms with Crippen molar-refractivity contribution in [1.82, 2.24) is 9.80 Å². The van der Waals surface area contributed by atoms with Crippen molar-refractivity contribution < 1.29 is 32.6 Å². The van der Waals surface area contributed by atoms with Crippen LogP contribution in [0.15, 0.2) is 18.2 Å². The van der Waals surface area contributed by atoms with Gasteiger partial charge in [0.15, 0.2) is 6.73 Å². The molecule has 1 saturated heterocycles. The number of halogens is 3. The minimum Gasteiger partial charge on any atom is -0.481 e. The zero-order valence-corrected chi connectivity index (χ0v) is 19.7. The molecule has 3 atom stereocenters. The van der Waals surface area contributed by atoms with Gasteiger partial charge in [0.1, 0.15) is 5.75 Å². The van der Waals surface area contributed by atoms with E-state index in [-0.39, 0.29) is 37.1 Å². The van der Waals surface area contributed by atoms with Crippen molar-refractivity contribution >= 4 is 11.9 Å². The van der Waals surface area contributed by atoms with E-state index in [1.807, 2.05) is 13.8 Å². The van der Waals surface area contributed by atoms with Crippen LogP contribution in [0.1, 0.15) is 63.5 Å². The maximum atomic E-state index is 13.8. The van der Waals surface area contributed by atoms with Crippen LogP contribution in [0.5, 0.6) is 5.75 Å². The quantitative estimate of drug-likeness (QED) is 0.670. The van der Waals surface area contributed by atoms with Crippen molar-refractivity contribution in [1.29, 1.82) is 0 Å². The van der Waals surface area contributed by atoms with Crippen LogP contribution in [0, 0.1) is 17.3 Å². The largest absolute Gasteiger partial charge is 0.481 e. The molecule has 0 spiro atoms. The summed E-state index contributed by atoms with van der Waals surface area (Å²) < 4.78 is 45.2. The van der Waals surface area contributed by atoms with Crippen molar-refractivity contribution in [3.05, 3.63) is 29.3 Å². The molecule has 2 aliphatic heterocycles. The first-order chi connectivity index (χ1) is 16.0. The number of alkyl halides is 3. The zero-order valence-electron chi connectivity index (χ0n) is 19.7. The van der Waals surface area contributed by atoms with E-state index >= 15 is 0 Å². The lowest BCUT2D eigenvalue weighted by Crippen LogP contribution is -2.49. The number of nitrogens with zero attached hydrogens (tertiary/aromatic N) is 2. The molecule has 34 heavy (non-hydrogen) atoms. The fourth-order valence-electron chi connectivity index (χ4n) is 5.92. The van der Waals surface area contributed by atoms with E-state index in [2.05, 4.69) is 4.90 Å². The van der Waals surface area contributed by atoms with Crippen molar-refractivity contribution in [2.24, 2.45) is 17.3 Å². The summed E-state index contributed by atoms with van der Waals surface area (Å²) in [6, 6.07) is 3.61. The smallest absolute Gasteiger partial charge is 0.416 e. The third-order valence-corrected chi connectivity index (χ3v) is 8.10. The van der Waals surface area contributed by atoms with Gasteiger partial charge >= 0.3 is 12.1 Å². The Hall–Kier alpha value is -2.29. The molecule has 2 fully saturated rings. The normalized spacial score (nSPS) is 28.4. The molecule has 1 unspecified atom stereocenters. The molecule has 1 N–H and O–H groups in total. The van der Waals surface area contributed by atoms with E-state index in [9.17, 15) is 27.9 Å². The zero-order chi connectivity index (χ0) is 24.7. The number of fused-ring (bicyclic) bond motifs is 1. The third-order valence-electron chi connectivity index (χ3n) is 8.10. The van der Waals surface area contributed by atoms with Gasteiger partial charge in [-0.05, 0) is 75.7 Å². The van der Waals surface area contributed by atoms with Gasteiger partial charge in [0.05, 0.1) is 23.4 Å². The first-order valence-electron chi connectivity index (χ1n) is 12.1. The Bertz CT molecular complexity index is 935. The third kappa shape index (κ3) is 4.76. The van der Waals surface area contributed by atoms with Crippen molar-refractivity contribution in [2.75, 3.05) is 19.8 Å². The summed E-state index contributed by atoms with van der Waals surface area (Å²) in [5, 5.41) is 9.38. The van der Waals surface area contributed by atoms with Gasteiger partial charge in [0.2, 0.25) is 5.91 Å². The molecule has 1 aromatic rings. The molecule has 9 heteroatoms. The van der Waals surface area contributed by atoms with Gasteiger partial charge < -0.3 is 19.6 Å². The van der Waals surface area contributed by atoms with Crippen molar-refractivity contribution in [3.63, 3.8) is 0 Å². The van der Waals surface area contributed by atoms with E-state index in [1.165, 1.54) is 6.07 Å². The highest BCUT2D eigenvalue weighted by atomic mass is 19.4. The number of carboxylic acid groups (broad SMARTS) is 1. The van der Waals surface area contributed by atoms with Crippen molar-refractivity contribution in [3.8, 4) is 5.75 Å². The number of aliphatic carboxylic acids is 1. The van der Waals surface area contributed by atoms with Crippen LogP contribution < -0.4 is 4.74 Å². The second kappa shape index (κ2) is 9.40. The molecule has 6 nitrogen and oxygen atoms in total. The van der Waals surface area contributed by atoms with E-state index in [0.717, 1.165) is 31.5 Å². The number of ether oxygens (including phenoxy) is 1. The summed E-state index contributed by atoms with van der Waals surface area (Å²) in [4.78, 5) is 29.1. The Morgan fingerprint density at radius 3 is 2.62 bits per heavy atom. The topological polar surface area (TPSA) is 70.1 Å². The van der Waals surface area contributed by atoms with E-state index < -0.39 is 23.1 Å². The summed E-state index contributed by atoms with van der Waals surface area (Å²) in [5.41, 5.74) is -0.981. The summed E-state index contributed by atoms with van der Waals surface area (Å²) in [5.74, 6) is -0.662. The number of rotatable bonds is 4. The Morgan fingerprint density at radius 1 is 1.18 bits per heavy atom. The summed E-state index contributed by atoms with van der Waals surface area (Å²) in [6.45, 7) is 5.73. The molecule has 0 radical (unpaired) electrons. The Balaban J connectivity index is 1.49. The number of carboxylic acids is 1. The molecule has 0 aromatic heterocycles. The minimum absolute atomic E-state index is 0.0281. The number of hydrogen-bond acceptors (Lipinski definition) is 4. The Kier molecular flexibility index (Phi) is 6.86. The van der Waals surface area contributed by atoms with E-state index in [0.29, 0.717) is 43.5 Å².